The van der Waals surface area contributed by atoms with Crippen LogP contribution >= 0.6 is 11.3 Å². The van der Waals surface area contributed by atoms with E-state index in [2.05, 4.69) is 63.6 Å². The Morgan fingerprint density at radius 3 is 2.05 bits per heavy atom. The van der Waals surface area contributed by atoms with E-state index in [0.29, 0.717) is 6.04 Å². The Bertz CT molecular complexity index is 572. The minimum atomic E-state index is 0.320. The van der Waals surface area contributed by atoms with Crippen molar-refractivity contribution in [1.82, 2.24) is 5.32 Å². The van der Waals surface area contributed by atoms with E-state index in [0.717, 1.165) is 19.3 Å². The third kappa shape index (κ3) is 3.22. The maximum absolute atomic E-state index is 3.56. The normalized spacial score (nSPS) is 12.6. The minimum Gasteiger partial charge on any atom is -0.309 e. The SMILES string of the molecule is CCc1cc(CC)c(C(NC)c2sccc2C)c(CC)c1. The first-order chi connectivity index (χ1) is 10.2. The molecule has 1 atom stereocenters. The van der Waals surface area contributed by atoms with Crippen molar-refractivity contribution in [2.45, 2.75) is 53.0 Å². The molecule has 0 amide bonds. The lowest BCUT2D eigenvalue weighted by Crippen LogP contribution is -2.21. The molecule has 0 fully saturated rings. The second-order valence-corrected chi connectivity index (χ2v) is 6.53. The average Bonchev–Trinajstić information content (AvgIpc) is 2.94. The number of hydrogen-bond acceptors (Lipinski definition) is 2. The lowest BCUT2D eigenvalue weighted by Gasteiger charge is -2.24. The summed E-state index contributed by atoms with van der Waals surface area (Å²) in [4.78, 5) is 1.45. The summed E-state index contributed by atoms with van der Waals surface area (Å²) in [6.07, 6.45) is 3.31. The summed E-state index contributed by atoms with van der Waals surface area (Å²) in [6, 6.07) is 7.35. The molecule has 1 unspecified atom stereocenters. The van der Waals surface area contributed by atoms with Gasteiger partial charge in [0.1, 0.15) is 0 Å². The van der Waals surface area contributed by atoms with E-state index in [1.165, 1.54) is 32.7 Å². The Labute approximate surface area is 133 Å². The van der Waals surface area contributed by atoms with Crippen molar-refractivity contribution < 1.29 is 0 Å². The molecule has 1 aromatic heterocycles. The van der Waals surface area contributed by atoms with Gasteiger partial charge in [0.2, 0.25) is 0 Å². The Balaban J connectivity index is 2.62. The van der Waals surface area contributed by atoms with Gasteiger partial charge in [-0.25, -0.2) is 0 Å². The minimum absolute atomic E-state index is 0.320. The smallest absolute Gasteiger partial charge is 0.0676 e. The highest BCUT2D eigenvalue weighted by atomic mass is 32.1. The van der Waals surface area contributed by atoms with Gasteiger partial charge in [-0.15, -0.1) is 11.3 Å². The summed E-state index contributed by atoms with van der Waals surface area (Å²) in [5, 5.41) is 5.76. The first kappa shape index (κ1) is 16.3. The summed E-state index contributed by atoms with van der Waals surface area (Å²) < 4.78 is 0. The van der Waals surface area contributed by atoms with E-state index in [1.807, 2.05) is 11.3 Å². The van der Waals surface area contributed by atoms with Crippen molar-refractivity contribution in [3.8, 4) is 0 Å². The lowest BCUT2D eigenvalue weighted by atomic mass is 9.88. The monoisotopic (exact) mass is 301 g/mol. The van der Waals surface area contributed by atoms with Crippen LogP contribution in [0.25, 0.3) is 0 Å². The molecule has 1 N–H and O–H groups in total. The first-order valence-electron chi connectivity index (χ1n) is 8.01. The fourth-order valence-electron chi connectivity index (χ4n) is 3.10. The highest BCUT2D eigenvalue weighted by molar-refractivity contribution is 7.10. The summed E-state index contributed by atoms with van der Waals surface area (Å²) in [5.74, 6) is 0. The number of hydrogen-bond donors (Lipinski definition) is 1. The van der Waals surface area contributed by atoms with E-state index in [-0.39, 0.29) is 0 Å². The van der Waals surface area contributed by atoms with Gasteiger partial charge in [-0.3, -0.25) is 0 Å². The van der Waals surface area contributed by atoms with Crippen molar-refractivity contribution >= 4 is 11.3 Å². The molecular formula is C19H27NS. The van der Waals surface area contributed by atoms with E-state index in [1.54, 1.807) is 0 Å². The number of nitrogens with one attached hydrogen (secondary N) is 1. The van der Waals surface area contributed by atoms with Gasteiger partial charge in [0.25, 0.3) is 0 Å². The summed E-state index contributed by atoms with van der Waals surface area (Å²) >= 11 is 1.86. The lowest BCUT2D eigenvalue weighted by molar-refractivity contribution is 0.683. The Morgan fingerprint density at radius 1 is 1.05 bits per heavy atom. The van der Waals surface area contributed by atoms with E-state index < -0.39 is 0 Å². The molecule has 2 rings (SSSR count). The molecule has 0 radical (unpaired) electrons. The molecule has 21 heavy (non-hydrogen) atoms. The third-order valence-electron chi connectivity index (χ3n) is 4.32. The summed E-state index contributed by atoms with van der Waals surface area (Å²) in [5.41, 5.74) is 7.36. The van der Waals surface area contributed by atoms with Gasteiger partial charge < -0.3 is 5.32 Å². The molecule has 1 heterocycles. The van der Waals surface area contributed by atoms with Crippen LogP contribution in [0.4, 0.5) is 0 Å². The topological polar surface area (TPSA) is 12.0 Å². The largest absolute Gasteiger partial charge is 0.309 e. The zero-order valence-corrected chi connectivity index (χ0v) is 14.7. The van der Waals surface area contributed by atoms with Crippen LogP contribution in [0.5, 0.6) is 0 Å². The fraction of sp³-hybridized carbons (Fsp3) is 0.474. The number of rotatable bonds is 6. The molecule has 114 valence electrons. The van der Waals surface area contributed by atoms with Crippen molar-refractivity contribution in [3.05, 3.63) is 56.3 Å². The highest BCUT2D eigenvalue weighted by Gasteiger charge is 2.21. The fourth-order valence-corrected chi connectivity index (χ4v) is 4.14. The predicted octanol–water partition coefficient (Wildman–Crippen LogP) is 5.05. The standard InChI is InChI=1S/C19H27NS/c1-6-14-11-15(7-2)17(16(8-3)12-14)18(20-5)19-13(4)9-10-21-19/h9-12,18,20H,6-8H2,1-5H3. The van der Waals surface area contributed by atoms with Crippen LogP contribution in [0.2, 0.25) is 0 Å². The van der Waals surface area contributed by atoms with E-state index >= 15 is 0 Å². The van der Waals surface area contributed by atoms with Crippen LogP contribution in [0.3, 0.4) is 0 Å². The molecule has 1 aromatic carbocycles. The van der Waals surface area contributed by atoms with Crippen LogP contribution in [-0.4, -0.2) is 7.05 Å². The predicted molar refractivity (Wildman–Crippen MR) is 94.5 cm³/mol. The molecule has 0 saturated carbocycles. The maximum atomic E-state index is 3.56. The molecule has 2 heteroatoms. The van der Waals surface area contributed by atoms with Gasteiger partial charge in [-0.05, 0) is 72.5 Å². The van der Waals surface area contributed by atoms with Crippen molar-refractivity contribution in [1.29, 1.82) is 0 Å². The summed E-state index contributed by atoms with van der Waals surface area (Å²) in [7, 11) is 2.08. The van der Waals surface area contributed by atoms with Crippen molar-refractivity contribution in [3.63, 3.8) is 0 Å². The molecule has 2 aromatic rings. The van der Waals surface area contributed by atoms with Crippen molar-refractivity contribution in [2.24, 2.45) is 0 Å². The van der Waals surface area contributed by atoms with Gasteiger partial charge in [0, 0.05) is 4.88 Å². The molecule has 0 bridgehead atoms. The molecule has 0 aliphatic heterocycles. The van der Waals surface area contributed by atoms with Crippen LogP contribution in [0.15, 0.2) is 23.6 Å². The molecule has 0 spiro atoms. The van der Waals surface area contributed by atoms with E-state index in [4.69, 9.17) is 0 Å². The molecule has 0 aliphatic rings. The average molecular weight is 301 g/mol. The number of benzene rings is 1. The van der Waals surface area contributed by atoms with Gasteiger partial charge in [0.05, 0.1) is 6.04 Å². The second kappa shape index (κ2) is 7.24. The van der Waals surface area contributed by atoms with Crippen LogP contribution in [0.1, 0.15) is 59.5 Å². The van der Waals surface area contributed by atoms with Gasteiger partial charge >= 0.3 is 0 Å². The Kier molecular flexibility index (Phi) is 5.60. The van der Waals surface area contributed by atoms with E-state index in [9.17, 15) is 0 Å². The molecule has 0 aliphatic carbocycles. The van der Waals surface area contributed by atoms with Crippen LogP contribution < -0.4 is 5.32 Å². The van der Waals surface area contributed by atoms with Gasteiger partial charge in [0.15, 0.2) is 0 Å². The van der Waals surface area contributed by atoms with Crippen molar-refractivity contribution in [2.75, 3.05) is 7.05 Å². The zero-order chi connectivity index (χ0) is 15.4. The summed E-state index contributed by atoms with van der Waals surface area (Å²) in [6.45, 7) is 9.00. The highest BCUT2D eigenvalue weighted by Crippen LogP contribution is 2.34. The quantitative estimate of drug-likeness (QED) is 0.787. The number of thiophene rings is 1. The van der Waals surface area contributed by atoms with Crippen LogP contribution in [-0.2, 0) is 19.3 Å². The second-order valence-electron chi connectivity index (χ2n) is 5.58. The van der Waals surface area contributed by atoms with Gasteiger partial charge in [-0.2, -0.15) is 0 Å². The molecule has 1 nitrogen and oxygen atoms in total. The zero-order valence-electron chi connectivity index (χ0n) is 13.9. The van der Waals surface area contributed by atoms with Gasteiger partial charge in [-0.1, -0.05) is 32.9 Å². The first-order valence-corrected chi connectivity index (χ1v) is 8.89. The van der Waals surface area contributed by atoms with Crippen LogP contribution in [0, 0.1) is 6.92 Å². The Hall–Kier alpha value is -1.12. The molecule has 0 saturated heterocycles. The number of aryl methyl sites for hydroxylation is 4. The maximum Gasteiger partial charge on any atom is 0.0676 e. The third-order valence-corrected chi connectivity index (χ3v) is 5.41. The molecular weight excluding hydrogens is 274 g/mol. The Morgan fingerprint density at radius 2 is 1.67 bits per heavy atom.